The molecule has 3 aromatic carbocycles. The number of anilines is 1. The van der Waals surface area contributed by atoms with Crippen LogP contribution >= 0.6 is 23.2 Å². The number of hydrogen-bond acceptors (Lipinski definition) is 4. The van der Waals surface area contributed by atoms with E-state index < -0.39 is 5.91 Å². The third kappa shape index (κ3) is 3.95. The molecule has 0 radical (unpaired) electrons. The number of hydrogen-bond donors (Lipinski definition) is 1. The molecule has 0 aliphatic carbocycles. The highest BCUT2D eigenvalue weighted by Crippen LogP contribution is 2.30. The van der Waals surface area contributed by atoms with Gasteiger partial charge in [-0.25, -0.2) is 4.39 Å². The van der Waals surface area contributed by atoms with Crippen LogP contribution in [0.2, 0.25) is 10.0 Å². The molecular weight excluding hydrogens is 454 g/mol. The maximum Gasteiger partial charge on any atom is 0.291 e. The first-order chi connectivity index (χ1) is 15.5. The smallest absolute Gasteiger partial charge is 0.291 e. The van der Waals surface area contributed by atoms with Crippen molar-refractivity contribution in [1.82, 2.24) is 15.0 Å². The molecule has 0 unspecified atom stereocenters. The highest BCUT2D eigenvalue weighted by atomic mass is 35.5. The van der Waals surface area contributed by atoms with Crippen molar-refractivity contribution in [3.05, 3.63) is 94.4 Å². The second-order valence-corrected chi connectivity index (χ2v) is 7.73. The van der Waals surface area contributed by atoms with E-state index in [0.29, 0.717) is 43.8 Å². The van der Waals surface area contributed by atoms with Gasteiger partial charge >= 0.3 is 0 Å². The van der Waals surface area contributed by atoms with Gasteiger partial charge in [-0.05, 0) is 72.8 Å². The maximum absolute atomic E-state index is 13.1. The zero-order valence-electron chi connectivity index (χ0n) is 16.2. The number of carbonyl (C=O) groups is 1. The summed E-state index contributed by atoms with van der Waals surface area (Å²) in [5.41, 5.74) is 3.06. The zero-order chi connectivity index (χ0) is 22.2. The summed E-state index contributed by atoms with van der Waals surface area (Å²) in [6.45, 7) is 0. The summed E-state index contributed by atoms with van der Waals surface area (Å²) in [7, 11) is 0. The Hall–Kier alpha value is -3.68. The summed E-state index contributed by atoms with van der Waals surface area (Å²) in [5, 5.41) is 12.4. The molecule has 158 valence electrons. The Kier molecular flexibility index (Phi) is 5.13. The van der Waals surface area contributed by atoms with Gasteiger partial charge in [-0.1, -0.05) is 23.2 Å². The van der Waals surface area contributed by atoms with Gasteiger partial charge in [-0.15, -0.1) is 10.2 Å². The van der Waals surface area contributed by atoms with Gasteiger partial charge in [0.2, 0.25) is 0 Å². The number of furan rings is 1. The molecule has 1 amide bonds. The summed E-state index contributed by atoms with van der Waals surface area (Å²) in [4.78, 5) is 14.1. The number of rotatable bonds is 4. The SMILES string of the molecule is O=C(Nc1ccc2nn(-c3ccc(F)cc3)nc2c1)c1ccc(-c2ccc(Cl)c(Cl)c2)o1. The first-order valence-corrected chi connectivity index (χ1v) is 10.2. The van der Waals surface area contributed by atoms with E-state index in [2.05, 4.69) is 15.5 Å². The van der Waals surface area contributed by atoms with E-state index in [1.54, 1.807) is 60.7 Å². The Labute approximate surface area is 191 Å². The van der Waals surface area contributed by atoms with Crippen molar-refractivity contribution in [1.29, 1.82) is 0 Å². The number of halogens is 3. The largest absolute Gasteiger partial charge is 0.451 e. The van der Waals surface area contributed by atoms with Crippen LogP contribution in [0.3, 0.4) is 0 Å². The number of amides is 1. The summed E-state index contributed by atoms with van der Waals surface area (Å²) in [6.07, 6.45) is 0. The van der Waals surface area contributed by atoms with E-state index in [9.17, 15) is 9.18 Å². The number of aromatic nitrogens is 3. The van der Waals surface area contributed by atoms with Crippen LogP contribution in [0.5, 0.6) is 0 Å². The molecule has 5 rings (SSSR count). The Morgan fingerprint density at radius 2 is 1.66 bits per heavy atom. The van der Waals surface area contributed by atoms with E-state index in [1.807, 2.05) is 0 Å². The molecular formula is C23H13Cl2FN4O2. The molecule has 0 saturated carbocycles. The van der Waals surface area contributed by atoms with Crippen molar-refractivity contribution in [3.63, 3.8) is 0 Å². The average Bonchev–Trinajstić information content (AvgIpc) is 3.43. The fourth-order valence-electron chi connectivity index (χ4n) is 3.14. The van der Waals surface area contributed by atoms with Crippen molar-refractivity contribution >= 4 is 45.8 Å². The van der Waals surface area contributed by atoms with Gasteiger partial charge in [0, 0.05) is 11.3 Å². The Morgan fingerprint density at radius 3 is 2.44 bits per heavy atom. The summed E-state index contributed by atoms with van der Waals surface area (Å²) < 4.78 is 18.8. The lowest BCUT2D eigenvalue weighted by atomic mass is 10.2. The molecule has 9 heteroatoms. The topological polar surface area (TPSA) is 73.0 Å². The summed E-state index contributed by atoms with van der Waals surface area (Å²) in [5.74, 6) is -0.121. The minimum absolute atomic E-state index is 0.140. The molecule has 0 bridgehead atoms. The standard InChI is InChI=1S/C23H13Cl2FN4O2/c24-17-7-1-13(11-18(17)25)21-9-10-22(32-21)23(31)27-15-4-8-19-20(12-15)29-30(28-19)16-5-2-14(26)3-6-16/h1-12H,(H,27,31). The molecule has 0 aliphatic heterocycles. The van der Waals surface area contributed by atoms with Crippen LogP contribution in [0.1, 0.15) is 10.6 Å². The molecule has 5 aromatic rings. The lowest BCUT2D eigenvalue weighted by Gasteiger charge is -2.03. The van der Waals surface area contributed by atoms with Gasteiger partial charge in [0.05, 0.1) is 15.7 Å². The van der Waals surface area contributed by atoms with E-state index >= 15 is 0 Å². The van der Waals surface area contributed by atoms with Crippen LogP contribution in [-0.4, -0.2) is 20.9 Å². The minimum atomic E-state index is -0.415. The average molecular weight is 467 g/mol. The van der Waals surface area contributed by atoms with Crippen LogP contribution in [0, 0.1) is 5.82 Å². The molecule has 0 spiro atoms. The van der Waals surface area contributed by atoms with Crippen LogP contribution in [0.4, 0.5) is 10.1 Å². The second kappa shape index (κ2) is 8.11. The maximum atomic E-state index is 13.1. The number of fused-ring (bicyclic) bond motifs is 1. The first-order valence-electron chi connectivity index (χ1n) is 9.46. The normalized spacial score (nSPS) is 11.1. The van der Waals surface area contributed by atoms with E-state index in [0.717, 1.165) is 0 Å². The zero-order valence-corrected chi connectivity index (χ0v) is 17.7. The van der Waals surface area contributed by atoms with Gasteiger partial charge < -0.3 is 9.73 Å². The predicted octanol–water partition coefficient (Wildman–Crippen LogP) is 6.38. The van der Waals surface area contributed by atoms with E-state index in [1.165, 1.54) is 16.9 Å². The molecule has 0 fully saturated rings. The van der Waals surface area contributed by atoms with Crippen LogP contribution < -0.4 is 5.32 Å². The van der Waals surface area contributed by atoms with Crippen molar-refractivity contribution in [2.24, 2.45) is 0 Å². The Bertz CT molecular complexity index is 1460. The van der Waals surface area contributed by atoms with E-state index in [-0.39, 0.29) is 11.6 Å². The molecule has 0 saturated heterocycles. The molecule has 2 aromatic heterocycles. The van der Waals surface area contributed by atoms with Gasteiger partial charge in [-0.3, -0.25) is 4.79 Å². The number of carbonyl (C=O) groups excluding carboxylic acids is 1. The number of nitrogens with zero attached hydrogens (tertiary/aromatic N) is 3. The van der Waals surface area contributed by atoms with E-state index in [4.69, 9.17) is 27.6 Å². The highest BCUT2D eigenvalue weighted by Gasteiger charge is 2.14. The molecule has 0 atom stereocenters. The third-order valence-electron chi connectivity index (χ3n) is 4.73. The quantitative estimate of drug-likeness (QED) is 0.333. The van der Waals surface area contributed by atoms with Gasteiger partial charge in [0.1, 0.15) is 22.6 Å². The monoisotopic (exact) mass is 466 g/mol. The fourth-order valence-corrected chi connectivity index (χ4v) is 3.44. The molecule has 6 nitrogen and oxygen atoms in total. The summed E-state index contributed by atoms with van der Waals surface area (Å²) in [6, 6.07) is 19.3. The van der Waals surface area contributed by atoms with Crippen LogP contribution in [0.15, 0.2) is 77.2 Å². The van der Waals surface area contributed by atoms with Crippen LogP contribution in [0.25, 0.3) is 28.0 Å². The molecule has 32 heavy (non-hydrogen) atoms. The van der Waals surface area contributed by atoms with Gasteiger partial charge in [-0.2, -0.15) is 4.80 Å². The Balaban J connectivity index is 1.36. The first kappa shape index (κ1) is 20.2. The van der Waals surface area contributed by atoms with Crippen molar-refractivity contribution < 1.29 is 13.6 Å². The number of benzene rings is 3. The third-order valence-corrected chi connectivity index (χ3v) is 5.47. The van der Waals surface area contributed by atoms with Gasteiger partial charge in [0.25, 0.3) is 5.91 Å². The van der Waals surface area contributed by atoms with Gasteiger partial charge in [0.15, 0.2) is 5.76 Å². The van der Waals surface area contributed by atoms with Crippen LogP contribution in [-0.2, 0) is 0 Å². The van der Waals surface area contributed by atoms with Crippen molar-refractivity contribution in [2.75, 3.05) is 5.32 Å². The fraction of sp³-hybridized carbons (Fsp3) is 0. The molecule has 0 aliphatic rings. The van der Waals surface area contributed by atoms with Crippen molar-refractivity contribution in [2.45, 2.75) is 0 Å². The minimum Gasteiger partial charge on any atom is -0.451 e. The molecule has 1 N–H and O–H groups in total. The summed E-state index contributed by atoms with van der Waals surface area (Å²) >= 11 is 12.0. The van der Waals surface area contributed by atoms with Crippen molar-refractivity contribution in [3.8, 4) is 17.0 Å². The number of nitrogens with one attached hydrogen (secondary N) is 1. The lowest BCUT2D eigenvalue weighted by molar-refractivity contribution is 0.0997. The lowest BCUT2D eigenvalue weighted by Crippen LogP contribution is -2.10. The highest BCUT2D eigenvalue weighted by molar-refractivity contribution is 6.42. The Morgan fingerprint density at radius 1 is 0.875 bits per heavy atom. The second-order valence-electron chi connectivity index (χ2n) is 6.92. The molecule has 2 heterocycles. The predicted molar refractivity (Wildman–Crippen MR) is 121 cm³/mol.